The fourth-order valence-corrected chi connectivity index (χ4v) is 2.29. The van der Waals surface area contributed by atoms with Gasteiger partial charge in [0.1, 0.15) is 5.82 Å². The molecule has 22 heavy (non-hydrogen) atoms. The van der Waals surface area contributed by atoms with E-state index < -0.39 is 0 Å². The van der Waals surface area contributed by atoms with Gasteiger partial charge in [-0.2, -0.15) is 0 Å². The summed E-state index contributed by atoms with van der Waals surface area (Å²) in [6.07, 6.45) is 0. The maximum absolute atomic E-state index is 4.73. The molecule has 0 unspecified atom stereocenters. The molecule has 3 heteroatoms. The molecule has 3 aromatic rings. The fourth-order valence-electron chi connectivity index (χ4n) is 2.29. The normalized spacial score (nSPS) is 10.7. The molecule has 0 saturated carbocycles. The van der Waals surface area contributed by atoms with Crippen LogP contribution < -0.4 is 5.32 Å². The van der Waals surface area contributed by atoms with Crippen LogP contribution in [0.3, 0.4) is 0 Å². The summed E-state index contributed by atoms with van der Waals surface area (Å²) < 4.78 is 0. The van der Waals surface area contributed by atoms with E-state index in [1.165, 1.54) is 0 Å². The molecule has 2 aromatic carbocycles. The van der Waals surface area contributed by atoms with Gasteiger partial charge in [0.05, 0.1) is 5.69 Å². The Balaban J connectivity index is 2.10. The Labute approximate surface area is 131 Å². The lowest BCUT2D eigenvalue weighted by Crippen LogP contribution is -2.12. The summed E-state index contributed by atoms with van der Waals surface area (Å²) in [5, 5.41) is 3.37. The molecular weight excluding hydrogens is 270 g/mol. The summed E-state index contributed by atoms with van der Waals surface area (Å²) >= 11 is 0. The van der Waals surface area contributed by atoms with Crippen molar-refractivity contribution in [3.8, 4) is 22.6 Å². The highest BCUT2D eigenvalue weighted by atomic mass is 15.0. The van der Waals surface area contributed by atoms with Gasteiger partial charge in [0.15, 0.2) is 5.82 Å². The molecule has 3 rings (SSSR count). The molecular formula is C19H19N3. The van der Waals surface area contributed by atoms with E-state index in [4.69, 9.17) is 4.98 Å². The van der Waals surface area contributed by atoms with Crippen molar-refractivity contribution in [1.82, 2.24) is 9.97 Å². The predicted molar refractivity (Wildman–Crippen MR) is 91.7 cm³/mol. The van der Waals surface area contributed by atoms with Crippen LogP contribution in [0.15, 0.2) is 66.7 Å². The topological polar surface area (TPSA) is 37.8 Å². The van der Waals surface area contributed by atoms with Crippen LogP contribution in [0.5, 0.6) is 0 Å². The van der Waals surface area contributed by atoms with Crippen LogP contribution >= 0.6 is 0 Å². The largest absolute Gasteiger partial charge is 0.368 e. The molecule has 0 fully saturated rings. The molecule has 1 aromatic heterocycles. The van der Waals surface area contributed by atoms with E-state index in [9.17, 15) is 0 Å². The molecule has 0 spiro atoms. The first-order chi connectivity index (χ1) is 10.7. The van der Waals surface area contributed by atoms with E-state index >= 15 is 0 Å². The molecule has 3 nitrogen and oxygen atoms in total. The highest BCUT2D eigenvalue weighted by Gasteiger charge is 2.09. The highest BCUT2D eigenvalue weighted by Crippen LogP contribution is 2.24. The molecule has 0 aliphatic rings. The van der Waals surface area contributed by atoms with Crippen LogP contribution in [0.25, 0.3) is 22.6 Å². The second-order valence-electron chi connectivity index (χ2n) is 5.49. The summed E-state index contributed by atoms with van der Waals surface area (Å²) in [6.45, 7) is 4.21. The molecule has 0 aliphatic heterocycles. The zero-order valence-corrected chi connectivity index (χ0v) is 12.8. The Hall–Kier alpha value is -2.68. The van der Waals surface area contributed by atoms with Gasteiger partial charge in [-0.15, -0.1) is 0 Å². The summed E-state index contributed by atoms with van der Waals surface area (Å²) in [6, 6.07) is 22.6. The Kier molecular flexibility index (Phi) is 4.15. The zero-order valence-electron chi connectivity index (χ0n) is 12.8. The van der Waals surface area contributed by atoms with Gasteiger partial charge >= 0.3 is 0 Å². The molecule has 1 N–H and O–H groups in total. The van der Waals surface area contributed by atoms with Crippen molar-refractivity contribution in [1.29, 1.82) is 0 Å². The van der Waals surface area contributed by atoms with E-state index in [1.807, 2.05) is 54.6 Å². The number of rotatable bonds is 4. The lowest BCUT2D eigenvalue weighted by atomic mass is 10.1. The van der Waals surface area contributed by atoms with Crippen LogP contribution in [-0.2, 0) is 0 Å². The van der Waals surface area contributed by atoms with Gasteiger partial charge in [0.2, 0.25) is 0 Å². The van der Waals surface area contributed by atoms with Gasteiger partial charge < -0.3 is 5.32 Å². The van der Waals surface area contributed by atoms with Crippen LogP contribution in [0.4, 0.5) is 5.82 Å². The second-order valence-corrected chi connectivity index (χ2v) is 5.49. The van der Waals surface area contributed by atoms with Gasteiger partial charge in [-0.05, 0) is 13.8 Å². The van der Waals surface area contributed by atoms with Crippen molar-refractivity contribution >= 4 is 5.82 Å². The highest BCUT2D eigenvalue weighted by molar-refractivity contribution is 5.67. The first kappa shape index (κ1) is 14.3. The standard InChI is InChI=1S/C19H19N3/c1-14(2)20-18-13-17(15-9-5-3-6-10-15)21-19(22-18)16-11-7-4-8-12-16/h3-14H,1-2H3,(H,20,21,22). The van der Waals surface area contributed by atoms with E-state index in [-0.39, 0.29) is 0 Å². The molecule has 0 bridgehead atoms. The lowest BCUT2D eigenvalue weighted by Gasteiger charge is -2.12. The zero-order chi connectivity index (χ0) is 15.4. The molecule has 110 valence electrons. The maximum atomic E-state index is 4.73. The van der Waals surface area contributed by atoms with Crippen molar-refractivity contribution < 1.29 is 0 Å². The van der Waals surface area contributed by atoms with E-state index in [0.717, 1.165) is 28.5 Å². The van der Waals surface area contributed by atoms with Gasteiger partial charge in [-0.1, -0.05) is 60.7 Å². The minimum Gasteiger partial charge on any atom is -0.368 e. The van der Waals surface area contributed by atoms with E-state index in [2.05, 4.69) is 36.3 Å². The Morgan fingerprint density at radius 3 is 1.95 bits per heavy atom. The van der Waals surface area contributed by atoms with Gasteiger partial charge in [0, 0.05) is 23.2 Å². The van der Waals surface area contributed by atoms with Crippen molar-refractivity contribution in [2.75, 3.05) is 5.32 Å². The van der Waals surface area contributed by atoms with Crippen LogP contribution in [0.1, 0.15) is 13.8 Å². The monoisotopic (exact) mass is 289 g/mol. The Morgan fingerprint density at radius 1 is 0.773 bits per heavy atom. The number of nitrogens with one attached hydrogen (secondary N) is 1. The Morgan fingerprint density at radius 2 is 1.36 bits per heavy atom. The summed E-state index contributed by atoms with van der Waals surface area (Å²) in [7, 11) is 0. The third-order valence-electron chi connectivity index (χ3n) is 3.26. The van der Waals surface area contributed by atoms with Crippen LogP contribution in [0, 0.1) is 0 Å². The lowest BCUT2D eigenvalue weighted by molar-refractivity contribution is 0.887. The average molecular weight is 289 g/mol. The van der Waals surface area contributed by atoms with Crippen LogP contribution in [-0.4, -0.2) is 16.0 Å². The van der Waals surface area contributed by atoms with Crippen LogP contribution in [0.2, 0.25) is 0 Å². The third-order valence-corrected chi connectivity index (χ3v) is 3.26. The number of nitrogens with zero attached hydrogens (tertiary/aromatic N) is 2. The molecule has 0 saturated heterocycles. The van der Waals surface area contributed by atoms with E-state index in [0.29, 0.717) is 6.04 Å². The van der Waals surface area contributed by atoms with Crippen molar-refractivity contribution in [3.05, 3.63) is 66.7 Å². The summed E-state index contributed by atoms with van der Waals surface area (Å²) in [5.41, 5.74) is 3.04. The number of hydrogen-bond donors (Lipinski definition) is 1. The SMILES string of the molecule is CC(C)Nc1cc(-c2ccccc2)nc(-c2ccccc2)n1. The smallest absolute Gasteiger partial charge is 0.162 e. The van der Waals surface area contributed by atoms with Crippen molar-refractivity contribution in [2.45, 2.75) is 19.9 Å². The number of aromatic nitrogens is 2. The molecule has 0 aliphatic carbocycles. The first-order valence-corrected chi connectivity index (χ1v) is 7.49. The van der Waals surface area contributed by atoms with Crippen molar-refractivity contribution in [3.63, 3.8) is 0 Å². The molecule has 0 amide bonds. The number of anilines is 1. The molecule has 0 atom stereocenters. The number of benzene rings is 2. The van der Waals surface area contributed by atoms with E-state index in [1.54, 1.807) is 0 Å². The van der Waals surface area contributed by atoms with Gasteiger partial charge in [0.25, 0.3) is 0 Å². The minimum atomic E-state index is 0.321. The van der Waals surface area contributed by atoms with Gasteiger partial charge in [-0.25, -0.2) is 9.97 Å². The molecule has 1 heterocycles. The summed E-state index contributed by atoms with van der Waals surface area (Å²) in [4.78, 5) is 9.38. The minimum absolute atomic E-state index is 0.321. The quantitative estimate of drug-likeness (QED) is 0.761. The van der Waals surface area contributed by atoms with Gasteiger partial charge in [-0.3, -0.25) is 0 Å². The third kappa shape index (κ3) is 3.31. The fraction of sp³-hybridized carbons (Fsp3) is 0.158. The first-order valence-electron chi connectivity index (χ1n) is 7.49. The second kappa shape index (κ2) is 6.39. The predicted octanol–water partition coefficient (Wildman–Crippen LogP) is 4.63. The molecule has 0 radical (unpaired) electrons. The number of hydrogen-bond acceptors (Lipinski definition) is 3. The average Bonchev–Trinajstić information content (AvgIpc) is 2.55. The summed E-state index contributed by atoms with van der Waals surface area (Å²) in [5.74, 6) is 1.59. The Bertz CT molecular complexity index is 679. The van der Waals surface area contributed by atoms with Crippen molar-refractivity contribution in [2.24, 2.45) is 0 Å². The maximum Gasteiger partial charge on any atom is 0.162 e.